The lowest BCUT2D eigenvalue weighted by Gasteiger charge is -2.55. The highest BCUT2D eigenvalue weighted by atomic mass is 35.5. The van der Waals surface area contributed by atoms with E-state index in [0.717, 1.165) is 5.56 Å². The summed E-state index contributed by atoms with van der Waals surface area (Å²) in [6.07, 6.45) is -0.513. The van der Waals surface area contributed by atoms with Crippen molar-refractivity contribution >= 4 is 29.1 Å². The number of halogens is 2. The number of rotatable bonds is 4. The van der Waals surface area contributed by atoms with Crippen LogP contribution in [-0.4, -0.2) is 23.0 Å². The Balaban J connectivity index is 1.91. The van der Waals surface area contributed by atoms with Gasteiger partial charge in [-0.15, -0.1) is 0 Å². The number of carbonyl (C=O) groups excluding carboxylic acids is 1. The Kier molecular flexibility index (Phi) is 5.23. The van der Waals surface area contributed by atoms with Crippen molar-refractivity contribution in [3.63, 3.8) is 0 Å². The summed E-state index contributed by atoms with van der Waals surface area (Å²) in [4.78, 5) is 14.8. The van der Waals surface area contributed by atoms with E-state index >= 15 is 0 Å². The lowest BCUT2D eigenvalue weighted by molar-refractivity contribution is -0.178. The molecule has 0 aliphatic carbocycles. The maximum Gasteiger partial charge on any atom is 0.266 e. The first kappa shape index (κ1) is 19.1. The molecule has 1 saturated heterocycles. The van der Waals surface area contributed by atoms with Crippen LogP contribution in [0.4, 0.5) is 0 Å². The number of amides is 1. The third-order valence-electron chi connectivity index (χ3n) is 4.81. The monoisotopic (exact) mass is 391 g/mol. The van der Waals surface area contributed by atoms with E-state index in [1.165, 1.54) is 0 Å². The maximum atomic E-state index is 13.0. The topological polar surface area (TPSA) is 29.5 Å². The molecule has 1 amide bonds. The molecule has 5 heteroatoms. The summed E-state index contributed by atoms with van der Waals surface area (Å²) in [6.45, 7) is 8.29. The molecule has 2 aromatic carbocycles. The van der Waals surface area contributed by atoms with E-state index in [1.54, 1.807) is 18.2 Å². The van der Waals surface area contributed by atoms with Gasteiger partial charge in [-0.25, -0.2) is 0 Å². The first-order chi connectivity index (χ1) is 12.2. The third kappa shape index (κ3) is 3.43. The molecule has 1 aliphatic heterocycles. The van der Waals surface area contributed by atoms with Crippen LogP contribution in [0, 0.1) is 5.41 Å². The molecule has 2 aromatic rings. The Labute approximate surface area is 164 Å². The van der Waals surface area contributed by atoms with E-state index in [-0.39, 0.29) is 23.4 Å². The summed E-state index contributed by atoms with van der Waals surface area (Å²) in [6, 6.07) is 14.5. The van der Waals surface area contributed by atoms with Crippen LogP contribution in [0.3, 0.4) is 0 Å². The maximum absolute atomic E-state index is 13.0. The molecule has 3 nitrogen and oxygen atoms in total. The number of benzene rings is 2. The van der Waals surface area contributed by atoms with Gasteiger partial charge >= 0.3 is 0 Å². The molecule has 0 unspecified atom stereocenters. The van der Waals surface area contributed by atoms with Gasteiger partial charge in [0, 0.05) is 15.6 Å². The summed E-state index contributed by atoms with van der Waals surface area (Å²) in [7, 11) is 0. The molecule has 3 atom stereocenters. The molecular weight excluding hydrogens is 369 g/mol. The Morgan fingerprint density at radius 1 is 1.00 bits per heavy atom. The number of hydrogen-bond acceptors (Lipinski definition) is 2. The second-order valence-electron chi connectivity index (χ2n) is 7.72. The predicted octanol–water partition coefficient (Wildman–Crippen LogP) is 5.76. The number of β-lactam (4-membered cyclic amide) rings is 1. The minimum atomic E-state index is -0.513. The van der Waals surface area contributed by atoms with E-state index in [9.17, 15) is 4.79 Å². The van der Waals surface area contributed by atoms with E-state index in [1.807, 2.05) is 42.2 Å². The third-order valence-corrected chi connectivity index (χ3v) is 5.47. The number of carbonyl (C=O) groups is 1. The summed E-state index contributed by atoms with van der Waals surface area (Å²) in [5.41, 5.74) is 0.617. The van der Waals surface area contributed by atoms with Crippen LogP contribution >= 0.6 is 23.2 Å². The molecule has 0 aromatic heterocycles. The summed E-state index contributed by atoms with van der Waals surface area (Å²) in [5, 5.41) is 1.13. The molecule has 0 radical (unpaired) electrons. The normalized spacial score (nSPS) is 21.3. The average Bonchev–Trinajstić information content (AvgIpc) is 2.56. The van der Waals surface area contributed by atoms with Crippen molar-refractivity contribution in [2.45, 2.75) is 45.9 Å². The van der Waals surface area contributed by atoms with Crippen LogP contribution in [0.5, 0.6) is 5.75 Å². The SMILES string of the molecule is C[C@@H](c1c(Cl)cccc1Cl)N1C(=O)[C@@H](Oc2ccccc2)[C@H]1C(C)(C)C. The number of hydrogen-bond donors (Lipinski definition) is 0. The van der Waals surface area contributed by atoms with Gasteiger partial charge in [0.2, 0.25) is 0 Å². The number of ether oxygens (including phenoxy) is 1. The zero-order chi connectivity index (χ0) is 19.1. The Bertz CT molecular complexity index is 781. The summed E-state index contributed by atoms with van der Waals surface area (Å²) in [5.74, 6) is 0.653. The standard InChI is InChI=1S/C21H23Cl2NO2/c1-13(17-15(22)11-8-12-16(17)23)24-19(21(2,3)4)18(20(24)25)26-14-9-6-5-7-10-14/h5-13,18-19H,1-4H3/t13-,18-,19-/m0/s1. The fraction of sp³-hybridized carbons (Fsp3) is 0.381. The van der Waals surface area contributed by atoms with Crippen molar-refractivity contribution in [3.05, 3.63) is 64.1 Å². The van der Waals surface area contributed by atoms with Gasteiger partial charge in [0.05, 0.1) is 12.1 Å². The van der Waals surface area contributed by atoms with Crippen molar-refractivity contribution in [1.29, 1.82) is 0 Å². The lowest BCUT2D eigenvalue weighted by atomic mass is 9.75. The van der Waals surface area contributed by atoms with Gasteiger partial charge in [-0.1, -0.05) is 68.2 Å². The molecule has 0 N–H and O–H groups in total. The van der Waals surface area contributed by atoms with Crippen LogP contribution in [0.15, 0.2) is 48.5 Å². The van der Waals surface area contributed by atoms with E-state index in [2.05, 4.69) is 20.8 Å². The summed E-state index contributed by atoms with van der Waals surface area (Å²) < 4.78 is 6.02. The van der Waals surface area contributed by atoms with Crippen molar-refractivity contribution in [2.24, 2.45) is 5.41 Å². The van der Waals surface area contributed by atoms with Crippen molar-refractivity contribution in [3.8, 4) is 5.75 Å². The second kappa shape index (κ2) is 7.13. The van der Waals surface area contributed by atoms with Crippen molar-refractivity contribution in [2.75, 3.05) is 0 Å². The Hall–Kier alpha value is -1.71. The lowest BCUT2D eigenvalue weighted by Crippen LogP contribution is -2.71. The number of likely N-dealkylation sites (tertiary alicyclic amines) is 1. The van der Waals surface area contributed by atoms with Crippen LogP contribution in [0.2, 0.25) is 10.0 Å². The molecule has 138 valence electrons. The Morgan fingerprint density at radius 2 is 1.58 bits per heavy atom. The Morgan fingerprint density at radius 3 is 2.12 bits per heavy atom. The van der Waals surface area contributed by atoms with Crippen LogP contribution in [-0.2, 0) is 4.79 Å². The second-order valence-corrected chi connectivity index (χ2v) is 8.53. The zero-order valence-electron chi connectivity index (χ0n) is 15.4. The fourth-order valence-corrected chi connectivity index (χ4v) is 4.31. The molecule has 1 aliphatic rings. The van der Waals surface area contributed by atoms with Gasteiger partial charge in [-0.05, 0) is 36.6 Å². The number of nitrogens with zero attached hydrogens (tertiary/aromatic N) is 1. The van der Waals surface area contributed by atoms with Gasteiger partial charge < -0.3 is 9.64 Å². The predicted molar refractivity (Wildman–Crippen MR) is 106 cm³/mol. The first-order valence-electron chi connectivity index (χ1n) is 8.69. The molecule has 3 rings (SSSR count). The van der Waals surface area contributed by atoms with Gasteiger partial charge in [0.15, 0.2) is 6.10 Å². The van der Waals surface area contributed by atoms with Crippen LogP contribution in [0.25, 0.3) is 0 Å². The molecule has 0 saturated carbocycles. The van der Waals surface area contributed by atoms with E-state index in [4.69, 9.17) is 27.9 Å². The molecule has 0 spiro atoms. The van der Waals surface area contributed by atoms with Crippen LogP contribution < -0.4 is 4.74 Å². The van der Waals surface area contributed by atoms with Gasteiger partial charge in [-0.2, -0.15) is 0 Å². The summed E-state index contributed by atoms with van der Waals surface area (Å²) >= 11 is 12.7. The largest absolute Gasteiger partial charge is 0.478 e. The molecule has 1 fully saturated rings. The average molecular weight is 392 g/mol. The van der Waals surface area contributed by atoms with Gasteiger partial charge in [0.25, 0.3) is 5.91 Å². The highest BCUT2D eigenvalue weighted by Crippen LogP contribution is 2.44. The van der Waals surface area contributed by atoms with E-state index < -0.39 is 6.10 Å². The molecule has 26 heavy (non-hydrogen) atoms. The van der Waals surface area contributed by atoms with Crippen LogP contribution in [0.1, 0.15) is 39.3 Å². The van der Waals surface area contributed by atoms with Gasteiger partial charge in [-0.3, -0.25) is 4.79 Å². The quantitative estimate of drug-likeness (QED) is 0.620. The van der Waals surface area contributed by atoms with Crippen molar-refractivity contribution < 1.29 is 9.53 Å². The minimum Gasteiger partial charge on any atom is -0.478 e. The van der Waals surface area contributed by atoms with Gasteiger partial charge in [0.1, 0.15) is 5.75 Å². The van der Waals surface area contributed by atoms with Crippen molar-refractivity contribution in [1.82, 2.24) is 4.90 Å². The highest BCUT2D eigenvalue weighted by Gasteiger charge is 2.56. The minimum absolute atomic E-state index is 0.0442. The zero-order valence-corrected chi connectivity index (χ0v) is 16.9. The number of para-hydroxylation sites is 1. The van der Waals surface area contributed by atoms with E-state index in [0.29, 0.717) is 15.8 Å². The fourth-order valence-electron chi connectivity index (χ4n) is 3.60. The molecular formula is C21H23Cl2NO2. The first-order valence-corrected chi connectivity index (χ1v) is 9.45. The highest BCUT2D eigenvalue weighted by molar-refractivity contribution is 6.36. The molecule has 1 heterocycles. The molecule has 0 bridgehead atoms. The smallest absolute Gasteiger partial charge is 0.266 e.